The Balaban J connectivity index is 2.02. The molecule has 5 nitrogen and oxygen atoms in total. The lowest BCUT2D eigenvalue weighted by Gasteiger charge is -2.16. The molecule has 120 valence electrons. The minimum atomic E-state index is -0.879. The van der Waals surface area contributed by atoms with Crippen LogP contribution in [-0.4, -0.2) is 23.0 Å². The maximum absolute atomic E-state index is 12.2. The largest absolute Gasteiger partial charge is 0.449 e. The molecule has 1 aromatic heterocycles. The highest BCUT2D eigenvalue weighted by Gasteiger charge is 2.22. The zero-order chi connectivity index (χ0) is 16.8. The SMILES string of the molecule is CCC(OC(=O)c1ccnc(Cl)c1)C(=O)Nc1ccc(C)cc1. The predicted octanol–water partition coefficient (Wildman–Crippen LogP) is 3.62. The second-order valence-corrected chi connectivity index (χ2v) is 5.41. The van der Waals surface area contributed by atoms with Crippen molar-refractivity contribution in [3.05, 3.63) is 58.9 Å². The molecule has 0 aliphatic rings. The average molecular weight is 333 g/mol. The van der Waals surface area contributed by atoms with E-state index in [1.807, 2.05) is 19.1 Å². The molecular weight excluding hydrogens is 316 g/mol. The molecule has 0 aliphatic carbocycles. The van der Waals surface area contributed by atoms with E-state index in [-0.39, 0.29) is 16.6 Å². The molecule has 23 heavy (non-hydrogen) atoms. The normalized spacial score (nSPS) is 11.6. The van der Waals surface area contributed by atoms with Crippen LogP contribution >= 0.6 is 11.6 Å². The second kappa shape index (κ2) is 7.74. The number of carbonyl (C=O) groups is 2. The Labute approximate surface area is 139 Å². The van der Waals surface area contributed by atoms with Crippen LogP contribution in [-0.2, 0) is 9.53 Å². The van der Waals surface area contributed by atoms with Crippen molar-refractivity contribution in [3.8, 4) is 0 Å². The van der Waals surface area contributed by atoms with Gasteiger partial charge in [-0.05, 0) is 37.6 Å². The van der Waals surface area contributed by atoms with E-state index in [0.717, 1.165) is 5.56 Å². The molecule has 2 aromatic rings. The zero-order valence-corrected chi connectivity index (χ0v) is 13.6. The number of esters is 1. The number of halogens is 1. The number of aromatic nitrogens is 1. The van der Waals surface area contributed by atoms with Gasteiger partial charge in [0.25, 0.3) is 5.91 Å². The molecule has 0 bridgehead atoms. The van der Waals surface area contributed by atoms with Gasteiger partial charge in [-0.15, -0.1) is 0 Å². The molecular formula is C17H17ClN2O3. The lowest BCUT2D eigenvalue weighted by atomic mass is 10.2. The van der Waals surface area contributed by atoms with E-state index >= 15 is 0 Å². The molecule has 2 rings (SSSR count). The molecule has 1 N–H and O–H groups in total. The van der Waals surface area contributed by atoms with Crippen molar-refractivity contribution in [2.45, 2.75) is 26.4 Å². The molecule has 1 amide bonds. The fourth-order valence-electron chi connectivity index (χ4n) is 1.91. The molecule has 6 heteroatoms. The second-order valence-electron chi connectivity index (χ2n) is 5.02. The Kier molecular flexibility index (Phi) is 5.71. The van der Waals surface area contributed by atoms with E-state index in [1.165, 1.54) is 18.3 Å². The van der Waals surface area contributed by atoms with Crippen molar-refractivity contribution < 1.29 is 14.3 Å². The highest BCUT2D eigenvalue weighted by Crippen LogP contribution is 2.13. The first-order chi connectivity index (χ1) is 11.0. The van der Waals surface area contributed by atoms with Crippen molar-refractivity contribution in [2.24, 2.45) is 0 Å². The van der Waals surface area contributed by atoms with Gasteiger partial charge in [0.05, 0.1) is 5.56 Å². The highest BCUT2D eigenvalue weighted by atomic mass is 35.5. The number of hydrogen-bond donors (Lipinski definition) is 1. The summed E-state index contributed by atoms with van der Waals surface area (Å²) in [5, 5.41) is 2.93. The quantitative estimate of drug-likeness (QED) is 0.670. The van der Waals surface area contributed by atoms with Crippen LogP contribution in [0.3, 0.4) is 0 Å². The van der Waals surface area contributed by atoms with E-state index in [4.69, 9.17) is 16.3 Å². The number of rotatable bonds is 5. The molecule has 1 heterocycles. The smallest absolute Gasteiger partial charge is 0.339 e. The third kappa shape index (κ3) is 4.79. The number of aryl methyl sites for hydroxylation is 1. The van der Waals surface area contributed by atoms with E-state index in [2.05, 4.69) is 10.3 Å². The number of carbonyl (C=O) groups excluding carboxylic acids is 2. The summed E-state index contributed by atoms with van der Waals surface area (Å²) < 4.78 is 5.26. The first kappa shape index (κ1) is 17.0. The minimum absolute atomic E-state index is 0.191. The third-order valence-corrected chi connectivity index (χ3v) is 3.40. The molecule has 0 saturated heterocycles. The van der Waals surface area contributed by atoms with Crippen LogP contribution in [0.1, 0.15) is 29.3 Å². The first-order valence-electron chi connectivity index (χ1n) is 7.19. The summed E-state index contributed by atoms with van der Waals surface area (Å²) in [6.07, 6.45) is 0.893. The fraction of sp³-hybridized carbons (Fsp3) is 0.235. The minimum Gasteiger partial charge on any atom is -0.449 e. The van der Waals surface area contributed by atoms with Crippen LogP contribution in [0.4, 0.5) is 5.69 Å². The van der Waals surface area contributed by atoms with E-state index < -0.39 is 12.1 Å². The van der Waals surface area contributed by atoms with Crippen molar-refractivity contribution >= 4 is 29.2 Å². The summed E-state index contributed by atoms with van der Waals surface area (Å²) in [6.45, 7) is 3.73. The van der Waals surface area contributed by atoms with Gasteiger partial charge in [-0.1, -0.05) is 36.2 Å². The van der Waals surface area contributed by atoms with Crippen LogP contribution < -0.4 is 5.32 Å². The number of benzene rings is 1. The van der Waals surface area contributed by atoms with Gasteiger partial charge < -0.3 is 10.1 Å². The Hall–Kier alpha value is -2.40. The number of ether oxygens (including phenoxy) is 1. The first-order valence-corrected chi connectivity index (χ1v) is 7.57. The number of amides is 1. The van der Waals surface area contributed by atoms with Crippen LogP contribution in [0.25, 0.3) is 0 Å². The molecule has 0 aliphatic heterocycles. The number of pyridine rings is 1. The third-order valence-electron chi connectivity index (χ3n) is 3.19. The number of hydrogen-bond acceptors (Lipinski definition) is 4. The zero-order valence-electron chi connectivity index (χ0n) is 12.9. The van der Waals surface area contributed by atoms with Gasteiger partial charge >= 0.3 is 5.97 Å². The summed E-state index contributed by atoms with van der Waals surface area (Å²) in [7, 11) is 0. The predicted molar refractivity (Wildman–Crippen MR) is 88.6 cm³/mol. The van der Waals surface area contributed by atoms with Crippen molar-refractivity contribution in [1.82, 2.24) is 4.98 Å². The molecule has 0 fully saturated rings. The van der Waals surface area contributed by atoms with Crippen molar-refractivity contribution in [1.29, 1.82) is 0 Å². The van der Waals surface area contributed by atoms with Gasteiger partial charge in [-0.3, -0.25) is 4.79 Å². The van der Waals surface area contributed by atoms with E-state index in [9.17, 15) is 9.59 Å². The fourth-order valence-corrected chi connectivity index (χ4v) is 2.08. The summed E-state index contributed by atoms with van der Waals surface area (Å²) in [6, 6.07) is 10.3. The van der Waals surface area contributed by atoms with Crippen LogP contribution in [0.2, 0.25) is 5.15 Å². The lowest BCUT2D eigenvalue weighted by Crippen LogP contribution is -2.32. The van der Waals surface area contributed by atoms with Gasteiger partial charge in [0.1, 0.15) is 5.15 Å². The molecule has 0 radical (unpaired) electrons. The van der Waals surface area contributed by atoms with Gasteiger partial charge in [0, 0.05) is 11.9 Å². The maximum atomic E-state index is 12.2. The van der Waals surface area contributed by atoms with Crippen LogP contribution in [0, 0.1) is 6.92 Å². The van der Waals surface area contributed by atoms with Crippen molar-refractivity contribution in [2.75, 3.05) is 5.32 Å². The monoisotopic (exact) mass is 332 g/mol. The van der Waals surface area contributed by atoms with Crippen LogP contribution in [0.5, 0.6) is 0 Å². The van der Waals surface area contributed by atoms with Crippen molar-refractivity contribution in [3.63, 3.8) is 0 Å². The maximum Gasteiger partial charge on any atom is 0.339 e. The molecule has 1 unspecified atom stereocenters. The summed E-state index contributed by atoms with van der Waals surface area (Å²) in [5.74, 6) is -0.981. The van der Waals surface area contributed by atoms with E-state index in [1.54, 1.807) is 19.1 Å². The van der Waals surface area contributed by atoms with Gasteiger partial charge in [-0.2, -0.15) is 0 Å². The van der Waals surface area contributed by atoms with Gasteiger partial charge in [0.15, 0.2) is 6.10 Å². The molecule has 1 aromatic carbocycles. The number of nitrogens with zero attached hydrogens (tertiary/aromatic N) is 1. The van der Waals surface area contributed by atoms with Gasteiger partial charge in [-0.25, -0.2) is 9.78 Å². The average Bonchev–Trinajstić information content (AvgIpc) is 2.54. The summed E-state index contributed by atoms with van der Waals surface area (Å²) in [5.41, 5.74) is 2.00. The Morgan fingerprint density at radius 2 is 1.96 bits per heavy atom. The summed E-state index contributed by atoms with van der Waals surface area (Å²) >= 11 is 5.74. The lowest BCUT2D eigenvalue weighted by molar-refractivity contribution is -0.124. The topological polar surface area (TPSA) is 68.3 Å². The standard InChI is InChI=1S/C17H17ClN2O3/c1-3-14(16(21)20-13-6-4-11(2)5-7-13)23-17(22)12-8-9-19-15(18)10-12/h4-10,14H,3H2,1-2H3,(H,20,21). The Morgan fingerprint density at radius 1 is 1.26 bits per heavy atom. The van der Waals surface area contributed by atoms with E-state index in [0.29, 0.717) is 12.1 Å². The van der Waals surface area contributed by atoms with Gasteiger partial charge in [0.2, 0.25) is 0 Å². The summed E-state index contributed by atoms with van der Waals surface area (Å²) in [4.78, 5) is 28.1. The highest BCUT2D eigenvalue weighted by molar-refractivity contribution is 6.29. The molecule has 1 atom stereocenters. The molecule has 0 spiro atoms. The molecule has 0 saturated carbocycles. The van der Waals surface area contributed by atoms with Crippen LogP contribution in [0.15, 0.2) is 42.6 Å². The number of nitrogens with one attached hydrogen (secondary N) is 1. The Morgan fingerprint density at radius 3 is 2.57 bits per heavy atom. The number of anilines is 1. The Bertz CT molecular complexity index is 701.